The van der Waals surface area contributed by atoms with Gasteiger partial charge in [-0.25, -0.2) is 10.9 Å². The molecule has 0 bridgehead atoms. The van der Waals surface area contributed by atoms with Gasteiger partial charge in [-0.1, -0.05) is 29.3 Å². The van der Waals surface area contributed by atoms with E-state index in [1.807, 2.05) is 0 Å². The zero-order chi connectivity index (χ0) is 16.1. The highest BCUT2D eigenvalue weighted by atomic mass is 35.5. The van der Waals surface area contributed by atoms with E-state index in [0.717, 1.165) is 0 Å². The van der Waals surface area contributed by atoms with Crippen molar-refractivity contribution in [3.63, 3.8) is 0 Å². The molecule has 2 N–H and O–H groups in total. The number of halogens is 2. The van der Waals surface area contributed by atoms with Crippen LogP contribution in [0.3, 0.4) is 0 Å². The lowest BCUT2D eigenvalue weighted by Gasteiger charge is -2.06. The summed E-state index contributed by atoms with van der Waals surface area (Å²) in [5, 5.41) is 8.53. The van der Waals surface area contributed by atoms with E-state index >= 15 is 0 Å². The fourth-order valence-electron chi connectivity index (χ4n) is 1.93. The zero-order valence-electron chi connectivity index (χ0n) is 11.8. The first kappa shape index (κ1) is 16.5. The summed E-state index contributed by atoms with van der Waals surface area (Å²) in [6.07, 6.45) is 2.05. The maximum Gasteiger partial charge on any atom is 0.248 e. The van der Waals surface area contributed by atoms with Crippen molar-refractivity contribution in [3.8, 4) is 0 Å². The van der Waals surface area contributed by atoms with Crippen LogP contribution < -0.4 is 10.9 Å². The predicted octanol–water partition coefficient (Wildman–Crippen LogP) is 2.35. The van der Waals surface area contributed by atoms with Gasteiger partial charge >= 0.3 is 0 Å². The number of nitrogens with one attached hydrogen (secondary N) is 2. The number of nitrogens with zero attached hydrogens (tertiary/aromatic N) is 2. The molecule has 1 aromatic rings. The highest BCUT2D eigenvalue weighted by molar-refractivity contribution is 6.42. The average molecular weight is 341 g/mol. The lowest BCUT2D eigenvalue weighted by Crippen LogP contribution is -2.25. The molecule has 0 unspecified atom stereocenters. The Morgan fingerprint density at radius 1 is 1.45 bits per heavy atom. The number of benzene rings is 1. The van der Waals surface area contributed by atoms with Crippen LogP contribution in [0.15, 0.2) is 28.4 Å². The summed E-state index contributed by atoms with van der Waals surface area (Å²) in [5.41, 5.74) is 6.19. The Bertz CT molecular complexity index is 658. The molecular weight excluding hydrogens is 327 g/mol. The lowest BCUT2D eigenvalue weighted by atomic mass is 9.99. The van der Waals surface area contributed by atoms with Crippen molar-refractivity contribution >= 4 is 46.9 Å². The van der Waals surface area contributed by atoms with Crippen LogP contribution in [0.25, 0.3) is 0 Å². The smallest absolute Gasteiger partial charge is 0.248 e. The quantitative estimate of drug-likeness (QED) is 0.637. The first-order chi connectivity index (χ1) is 10.5. The second-order valence-corrected chi connectivity index (χ2v) is 5.60. The Hall–Kier alpha value is -1.92. The van der Waals surface area contributed by atoms with Crippen molar-refractivity contribution < 1.29 is 9.59 Å². The largest absolute Gasteiger partial charge is 0.273 e. The summed E-state index contributed by atoms with van der Waals surface area (Å²) in [4.78, 5) is 23.1. The molecule has 0 spiro atoms. The Morgan fingerprint density at radius 3 is 2.86 bits per heavy atom. The number of hydrogen-bond donors (Lipinski definition) is 2. The molecular formula is C14H14Cl2N4O2. The molecule has 1 atom stereocenters. The number of rotatable bonds is 5. The van der Waals surface area contributed by atoms with Crippen LogP contribution in [0.2, 0.25) is 10.0 Å². The van der Waals surface area contributed by atoms with Gasteiger partial charge in [0.2, 0.25) is 11.8 Å². The third kappa shape index (κ3) is 4.29. The lowest BCUT2D eigenvalue weighted by molar-refractivity contribution is -0.123. The standard InChI is InChI=1S/C14H14Cl2N4O2/c1-8-10(14(22)20-18-8)3-5-13(21)19-17-7-9-2-4-11(15)12(16)6-9/h2,4,6-7,10H,3,5H2,1H3,(H,19,21)(H,20,22)/b17-7+/t10-/m1/s1. The maximum absolute atomic E-state index is 11.7. The van der Waals surface area contributed by atoms with Gasteiger partial charge in [0, 0.05) is 12.1 Å². The zero-order valence-corrected chi connectivity index (χ0v) is 13.3. The van der Waals surface area contributed by atoms with E-state index in [2.05, 4.69) is 21.1 Å². The number of hydrogen-bond acceptors (Lipinski definition) is 4. The summed E-state index contributed by atoms with van der Waals surface area (Å²) >= 11 is 11.7. The van der Waals surface area contributed by atoms with Gasteiger partial charge in [0.1, 0.15) is 0 Å². The Kier molecular flexibility index (Phi) is 5.51. The minimum Gasteiger partial charge on any atom is -0.273 e. The van der Waals surface area contributed by atoms with E-state index in [-0.39, 0.29) is 24.2 Å². The summed E-state index contributed by atoms with van der Waals surface area (Å²) in [5.74, 6) is -0.793. The van der Waals surface area contributed by atoms with Crippen LogP contribution in [0.1, 0.15) is 25.3 Å². The van der Waals surface area contributed by atoms with Crippen molar-refractivity contribution in [3.05, 3.63) is 33.8 Å². The van der Waals surface area contributed by atoms with Crippen molar-refractivity contribution in [2.24, 2.45) is 16.1 Å². The minimum atomic E-state index is -0.343. The van der Waals surface area contributed by atoms with Crippen molar-refractivity contribution in [1.82, 2.24) is 10.9 Å². The third-order valence-corrected chi connectivity index (χ3v) is 3.91. The molecule has 0 saturated carbocycles. The van der Waals surface area contributed by atoms with Gasteiger partial charge in [-0.05, 0) is 31.0 Å². The molecule has 0 saturated heterocycles. The van der Waals surface area contributed by atoms with Crippen LogP contribution in [-0.2, 0) is 9.59 Å². The van der Waals surface area contributed by atoms with E-state index in [1.165, 1.54) is 6.21 Å². The number of amides is 2. The minimum absolute atomic E-state index is 0.176. The van der Waals surface area contributed by atoms with Crippen LogP contribution in [-0.4, -0.2) is 23.7 Å². The molecule has 1 aliphatic rings. The number of hydrazone groups is 2. The van der Waals surface area contributed by atoms with Crippen LogP contribution >= 0.6 is 23.2 Å². The first-order valence-corrected chi connectivity index (χ1v) is 7.34. The summed E-state index contributed by atoms with van der Waals surface area (Å²) < 4.78 is 0. The number of carbonyl (C=O) groups is 2. The fraction of sp³-hybridized carbons (Fsp3) is 0.286. The van der Waals surface area contributed by atoms with Gasteiger partial charge < -0.3 is 0 Å². The molecule has 1 heterocycles. The maximum atomic E-state index is 11.7. The van der Waals surface area contributed by atoms with Gasteiger partial charge in [0.05, 0.1) is 22.2 Å². The molecule has 0 fully saturated rings. The van der Waals surface area contributed by atoms with Gasteiger partial charge in [0.25, 0.3) is 0 Å². The van der Waals surface area contributed by atoms with Crippen molar-refractivity contribution in [2.45, 2.75) is 19.8 Å². The molecule has 6 nitrogen and oxygen atoms in total. The van der Waals surface area contributed by atoms with Gasteiger partial charge in [0.15, 0.2) is 0 Å². The molecule has 1 aromatic carbocycles. The normalized spacial score (nSPS) is 17.5. The highest BCUT2D eigenvalue weighted by Crippen LogP contribution is 2.21. The van der Waals surface area contributed by atoms with E-state index in [9.17, 15) is 9.59 Å². The van der Waals surface area contributed by atoms with E-state index < -0.39 is 0 Å². The molecule has 22 heavy (non-hydrogen) atoms. The van der Waals surface area contributed by atoms with Crippen LogP contribution in [0, 0.1) is 5.92 Å². The number of carbonyl (C=O) groups excluding carboxylic acids is 2. The summed E-state index contributed by atoms with van der Waals surface area (Å²) in [7, 11) is 0. The SMILES string of the molecule is CC1=NNC(=O)[C@@H]1CCC(=O)N/N=C/c1ccc(Cl)c(Cl)c1. The fourth-order valence-corrected chi connectivity index (χ4v) is 2.24. The van der Waals surface area contributed by atoms with Crippen LogP contribution in [0.5, 0.6) is 0 Å². The van der Waals surface area contributed by atoms with Gasteiger partial charge in [-0.15, -0.1) is 0 Å². The molecule has 0 radical (unpaired) electrons. The monoisotopic (exact) mass is 340 g/mol. The van der Waals surface area contributed by atoms with Crippen molar-refractivity contribution in [1.29, 1.82) is 0 Å². The molecule has 2 amide bonds. The van der Waals surface area contributed by atoms with Gasteiger partial charge in [-0.2, -0.15) is 10.2 Å². The third-order valence-electron chi connectivity index (χ3n) is 3.17. The Balaban J connectivity index is 1.80. The highest BCUT2D eigenvalue weighted by Gasteiger charge is 2.26. The van der Waals surface area contributed by atoms with Crippen molar-refractivity contribution in [2.75, 3.05) is 0 Å². The van der Waals surface area contributed by atoms with E-state index in [0.29, 0.717) is 27.7 Å². The molecule has 1 aliphatic heterocycles. The Labute approximate surface area is 137 Å². The summed E-state index contributed by atoms with van der Waals surface area (Å²) in [6.45, 7) is 1.75. The van der Waals surface area contributed by atoms with E-state index in [4.69, 9.17) is 23.2 Å². The van der Waals surface area contributed by atoms with Gasteiger partial charge in [-0.3, -0.25) is 9.59 Å². The second kappa shape index (κ2) is 7.38. The van der Waals surface area contributed by atoms with Crippen LogP contribution in [0.4, 0.5) is 0 Å². The molecule has 8 heteroatoms. The summed E-state index contributed by atoms with van der Waals surface area (Å²) in [6, 6.07) is 5.02. The molecule has 0 aliphatic carbocycles. The topological polar surface area (TPSA) is 82.9 Å². The van der Waals surface area contributed by atoms with E-state index in [1.54, 1.807) is 25.1 Å². The molecule has 2 rings (SSSR count). The second-order valence-electron chi connectivity index (χ2n) is 4.79. The Morgan fingerprint density at radius 2 is 2.23 bits per heavy atom. The average Bonchev–Trinajstić information content (AvgIpc) is 2.80. The predicted molar refractivity (Wildman–Crippen MR) is 86.2 cm³/mol. The molecule has 0 aromatic heterocycles. The molecule has 116 valence electrons. The first-order valence-electron chi connectivity index (χ1n) is 6.58.